The van der Waals surface area contributed by atoms with Crippen LogP contribution in [0.4, 0.5) is 4.39 Å². The molecule has 1 heterocycles. The topological polar surface area (TPSA) is 58.1 Å². The van der Waals surface area contributed by atoms with Crippen LogP contribution < -0.4 is 5.32 Å². The van der Waals surface area contributed by atoms with E-state index in [9.17, 15) is 9.18 Å². The standard InChI is InChI=1S/C21H23FN4OS/c1-14-4-7-17(15(2)10-14)12-26(3)13-19-24-25-21(28-19)20(27)23-11-16-5-8-18(22)9-6-16/h4-10H,11-13H2,1-3H3,(H,23,27). The summed E-state index contributed by atoms with van der Waals surface area (Å²) in [4.78, 5) is 14.4. The van der Waals surface area contributed by atoms with E-state index in [4.69, 9.17) is 0 Å². The first-order valence-electron chi connectivity index (χ1n) is 9.00. The van der Waals surface area contributed by atoms with E-state index in [2.05, 4.69) is 52.5 Å². The van der Waals surface area contributed by atoms with Gasteiger partial charge in [-0.2, -0.15) is 0 Å². The molecule has 146 valence electrons. The normalized spacial score (nSPS) is 11.0. The molecule has 3 aromatic rings. The minimum atomic E-state index is -0.297. The van der Waals surface area contributed by atoms with E-state index in [1.807, 2.05) is 7.05 Å². The van der Waals surface area contributed by atoms with Crippen molar-refractivity contribution < 1.29 is 9.18 Å². The third-order valence-electron chi connectivity index (χ3n) is 4.37. The van der Waals surface area contributed by atoms with Crippen molar-refractivity contribution >= 4 is 17.2 Å². The van der Waals surface area contributed by atoms with Crippen LogP contribution in [0.1, 0.15) is 37.1 Å². The molecule has 2 aromatic carbocycles. The number of carbonyl (C=O) groups is 1. The molecule has 0 aliphatic rings. The third-order valence-corrected chi connectivity index (χ3v) is 5.28. The predicted molar refractivity (Wildman–Crippen MR) is 109 cm³/mol. The fraction of sp³-hybridized carbons (Fsp3) is 0.286. The predicted octanol–water partition coefficient (Wildman–Crippen LogP) is 3.86. The SMILES string of the molecule is Cc1ccc(CN(C)Cc2nnc(C(=O)NCc3ccc(F)cc3)s2)c(C)c1. The fourth-order valence-electron chi connectivity index (χ4n) is 2.87. The fourth-order valence-corrected chi connectivity index (χ4v) is 3.71. The molecule has 3 rings (SSSR count). The van der Waals surface area contributed by atoms with E-state index < -0.39 is 0 Å². The Morgan fingerprint density at radius 3 is 2.57 bits per heavy atom. The van der Waals surface area contributed by atoms with E-state index in [-0.39, 0.29) is 11.7 Å². The highest BCUT2D eigenvalue weighted by atomic mass is 32.1. The van der Waals surface area contributed by atoms with E-state index in [1.54, 1.807) is 12.1 Å². The van der Waals surface area contributed by atoms with Crippen molar-refractivity contribution in [2.24, 2.45) is 0 Å². The molecule has 0 spiro atoms. The first-order chi connectivity index (χ1) is 13.4. The summed E-state index contributed by atoms with van der Waals surface area (Å²) in [6.45, 7) is 5.95. The molecule has 5 nitrogen and oxygen atoms in total. The summed E-state index contributed by atoms with van der Waals surface area (Å²) in [6.07, 6.45) is 0. The Morgan fingerprint density at radius 2 is 1.86 bits per heavy atom. The summed E-state index contributed by atoms with van der Waals surface area (Å²) in [5.41, 5.74) is 4.62. The van der Waals surface area contributed by atoms with Crippen LogP contribution in [0, 0.1) is 19.7 Å². The zero-order valence-corrected chi connectivity index (χ0v) is 17.0. The molecule has 1 aromatic heterocycles. The van der Waals surface area contributed by atoms with Crippen LogP contribution in [0.2, 0.25) is 0 Å². The van der Waals surface area contributed by atoms with Crippen molar-refractivity contribution in [3.05, 3.63) is 80.6 Å². The molecule has 0 aliphatic heterocycles. The minimum absolute atomic E-state index is 0.273. The second-order valence-electron chi connectivity index (χ2n) is 6.91. The minimum Gasteiger partial charge on any atom is -0.346 e. The van der Waals surface area contributed by atoms with Gasteiger partial charge in [-0.05, 0) is 49.7 Å². The Balaban J connectivity index is 1.54. The average Bonchev–Trinajstić information content (AvgIpc) is 3.12. The quantitative estimate of drug-likeness (QED) is 0.657. The molecule has 0 aliphatic carbocycles. The van der Waals surface area contributed by atoms with Gasteiger partial charge in [0, 0.05) is 13.1 Å². The van der Waals surface area contributed by atoms with Gasteiger partial charge >= 0.3 is 0 Å². The number of halogens is 1. The van der Waals surface area contributed by atoms with Crippen molar-refractivity contribution in [3.63, 3.8) is 0 Å². The van der Waals surface area contributed by atoms with Gasteiger partial charge in [-0.1, -0.05) is 47.2 Å². The Hall–Kier alpha value is -2.64. The number of aryl methyl sites for hydroxylation is 2. The summed E-state index contributed by atoms with van der Waals surface area (Å²) in [7, 11) is 2.02. The molecule has 0 fully saturated rings. The van der Waals surface area contributed by atoms with Crippen LogP contribution in [0.3, 0.4) is 0 Å². The Morgan fingerprint density at radius 1 is 1.11 bits per heavy atom. The Kier molecular flexibility index (Phi) is 6.49. The summed E-state index contributed by atoms with van der Waals surface area (Å²) in [5, 5.41) is 12.0. The first-order valence-corrected chi connectivity index (χ1v) is 9.82. The van der Waals surface area contributed by atoms with Gasteiger partial charge in [0.05, 0.1) is 6.54 Å². The monoisotopic (exact) mass is 398 g/mol. The lowest BCUT2D eigenvalue weighted by Gasteiger charge is -2.16. The molecule has 0 unspecified atom stereocenters. The largest absolute Gasteiger partial charge is 0.346 e. The van der Waals surface area contributed by atoms with Crippen molar-refractivity contribution in [1.29, 1.82) is 0 Å². The number of carbonyl (C=O) groups excluding carboxylic acids is 1. The molecular weight excluding hydrogens is 375 g/mol. The third kappa shape index (κ3) is 5.43. The highest BCUT2D eigenvalue weighted by Crippen LogP contribution is 2.16. The zero-order valence-electron chi connectivity index (χ0n) is 16.2. The lowest BCUT2D eigenvalue weighted by atomic mass is 10.1. The number of hydrogen-bond donors (Lipinski definition) is 1. The number of benzene rings is 2. The van der Waals surface area contributed by atoms with Crippen LogP contribution in [-0.4, -0.2) is 28.1 Å². The van der Waals surface area contributed by atoms with Gasteiger partial charge in [-0.15, -0.1) is 10.2 Å². The Bertz CT molecular complexity index is 955. The molecule has 1 amide bonds. The van der Waals surface area contributed by atoms with Gasteiger partial charge in [0.2, 0.25) is 5.01 Å². The summed E-state index contributed by atoms with van der Waals surface area (Å²) >= 11 is 1.29. The van der Waals surface area contributed by atoms with Gasteiger partial charge in [0.15, 0.2) is 0 Å². The number of rotatable bonds is 7. The smallest absolute Gasteiger partial charge is 0.282 e. The van der Waals surface area contributed by atoms with Crippen LogP contribution in [-0.2, 0) is 19.6 Å². The lowest BCUT2D eigenvalue weighted by Crippen LogP contribution is -2.22. The molecule has 0 radical (unpaired) electrons. The van der Waals surface area contributed by atoms with Gasteiger partial charge in [-0.3, -0.25) is 9.69 Å². The summed E-state index contributed by atoms with van der Waals surface area (Å²) in [5.74, 6) is -0.570. The van der Waals surface area contributed by atoms with Crippen molar-refractivity contribution in [1.82, 2.24) is 20.4 Å². The van der Waals surface area contributed by atoms with Crippen molar-refractivity contribution in [2.75, 3.05) is 7.05 Å². The van der Waals surface area contributed by atoms with E-state index in [1.165, 1.54) is 40.2 Å². The molecular formula is C21H23FN4OS. The molecule has 0 saturated heterocycles. The number of amides is 1. The van der Waals surface area contributed by atoms with Gasteiger partial charge < -0.3 is 5.32 Å². The summed E-state index contributed by atoms with van der Waals surface area (Å²) in [6, 6.07) is 12.5. The lowest BCUT2D eigenvalue weighted by molar-refractivity contribution is 0.0950. The molecule has 0 saturated carbocycles. The van der Waals surface area contributed by atoms with Gasteiger partial charge in [0.1, 0.15) is 10.8 Å². The van der Waals surface area contributed by atoms with Crippen molar-refractivity contribution in [2.45, 2.75) is 33.5 Å². The number of nitrogens with zero attached hydrogens (tertiary/aromatic N) is 3. The van der Waals surface area contributed by atoms with Gasteiger partial charge in [-0.25, -0.2) is 4.39 Å². The maximum Gasteiger partial charge on any atom is 0.282 e. The molecule has 0 bridgehead atoms. The maximum absolute atomic E-state index is 12.9. The number of nitrogens with one attached hydrogen (secondary N) is 1. The summed E-state index contributed by atoms with van der Waals surface area (Å²) < 4.78 is 12.9. The molecule has 0 atom stereocenters. The molecule has 28 heavy (non-hydrogen) atoms. The number of hydrogen-bond acceptors (Lipinski definition) is 5. The second-order valence-corrected chi connectivity index (χ2v) is 7.97. The van der Waals surface area contributed by atoms with Crippen LogP contribution in [0.5, 0.6) is 0 Å². The molecule has 7 heteroatoms. The maximum atomic E-state index is 12.9. The second kappa shape index (κ2) is 9.03. The van der Waals surface area contributed by atoms with Crippen LogP contribution in [0.25, 0.3) is 0 Å². The van der Waals surface area contributed by atoms with Gasteiger partial charge in [0.25, 0.3) is 5.91 Å². The van der Waals surface area contributed by atoms with Crippen molar-refractivity contribution in [3.8, 4) is 0 Å². The number of aromatic nitrogens is 2. The van der Waals surface area contributed by atoms with E-state index in [0.29, 0.717) is 18.1 Å². The van der Waals surface area contributed by atoms with Crippen LogP contribution in [0.15, 0.2) is 42.5 Å². The highest BCUT2D eigenvalue weighted by Gasteiger charge is 2.14. The van der Waals surface area contributed by atoms with E-state index in [0.717, 1.165) is 17.1 Å². The van der Waals surface area contributed by atoms with E-state index >= 15 is 0 Å². The Labute approximate surface area is 168 Å². The highest BCUT2D eigenvalue weighted by molar-refractivity contribution is 7.13. The van der Waals surface area contributed by atoms with Crippen LogP contribution >= 0.6 is 11.3 Å². The average molecular weight is 399 g/mol. The molecule has 1 N–H and O–H groups in total. The zero-order chi connectivity index (χ0) is 20.1. The first kappa shape index (κ1) is 20.1.